The van der Waals surface area contributed by atoms with Crippen LogP contribution in [0.4, 0.5) is 9.18 Å². The average Bonchev–Trinajstić information content (AvgIpc) is 3.41. The van der Waals surface area contributed by atoms with Gasteiger partial charge in [0.1, 0.15) is 5.82 Å². The second-order valence-electron chi connectivity index (χ2n) is 6.70. The first kappa shape index (κ1) is 18.4. The number of rotatable bonds is 7. The van der Waals surface area contributed by atoms with E-state index in [9.17, 15) is 14.0 Å². The molecule has 1 aromatic rings. The van der Waals surface area contributed by atoms with Gasteiger partial charge in [0.2, 0.25) is 0 Å². The Bertz CT molecular complexity index is 713. The summed E-state index contributed by atoms with van der Waals surface area (Å²) in [5, 5.41) is 5.48. The Hall–Kier alpha value is -2.41. The molecule has 3 rings (SSSR count). The van der Waals surface area contributed by atoms with E-state index in [2.05, 4.69) is 15.5 Å². The van der Waals surface area contributed by atoms with Crippen LogP contribution in [0.15, 0.2) is 35.5 Å². The molecule has 2 N–H and O–H groups in total. The van der Waals surface area contributed by atoms with Crippen LogP contribution in [0, 0.1) is 5.82 Å². The highest BCUT2D eigenvalue weighted by atomic mass is 19.1. The molecule has 0 bridgehead atoms. The number of ether oxygens (including phenoxy) is 1. The monoisotopic (exact) mass is 361 g/mol. The molecule has 1 aliphatic heterocycles. The number of esters is 1. The average molecular weight is 361 g/mol. The quantitative estimate of drug-likeness (QED) is 0.731. The summed E-state index contributed by atoms with van der Waals surface area (Å²) in [5.41, 5.74) is 2.02. The molecule has 1 atom stereocenters. The summed E-state index contributed by atoms with van der Waals surface area (Å²) in [6, 6.07) is 6.07. The van der Waals surface area contributed by atoms with E-state index in [1.165, 1.54) is 12.1 Å². The van der Waals surface area contributed by atoms with E-state index in [1.54, 1.807) is 26.0 Å². The number of carbonyl (C=O) groups excluding carboxylic acids is 2. The zero-order valence-corrected chi connectivity index (χ0v) is 15.0. The van der Waals surface area contributed by atoms with E-state index in [0.29, 0.717) is 30.4 Å². The van der Waals surface area contributed by atoms with Crippen molar-refractivity contribution in [3.63, 3.8) is 0 Å². The number of nitrogens with one attached hydrogen (secondary N) is 2. The number of hydrogen-bond donors (Lipinski definition) is 2. The highest BCUT2D eigenvalue weighted by molar-refractivity contribution is 5.94. The minimum absolute atomic E-state index is 0.265. The predicted octanol–water partition coefficient (Wildman–Crippen LogP) is 2.31. The molecule has 1 heterocycles. The van der Waals surface area contributed by atoms with Crippen LogP contribution < -0.4 is 10.6 Å². The lowest BCUT2D eigenvalue weighted by Gasteiger charge is -2.30. The van der Waals surface area contributed by atoms with Crippen molar-refractivity contribution in [2.24, 2.45) is 0 Å². The van der Waals surface area contributed by atoms with Crippen molar-refractivity contribution in [1.29, 1.82) is 0 Å². The molecule has 26 heavy (non-hydrogen) atoms. The minimum Gasteiger partial charge on any atom is -0.463 e. The highest BCUT2D eigenvalue weighted by Crippen LogP contribution is 2.30. The van der Waals surface area contributed by atoms with Gasteiger partial charge in [0.15, 0.2) is 0 Å². The van der Waals surface area contributed by atoms with Crippen LogP contribution in [0.2, 0.25) is 0 Å². The van der Waals surface area contributed by atoms with Gasteiger partial charge in [-0.1, -0.05) is 12.1 Å². The minimum atomic E-state index is -0.417. The van der Waals surface area contributed by atoms with Crippen molar-refractivity contribution in [3.05, 3.63) is 46.9 Å². The SMILES string of the molecule is CCOC(=O)C1=C(CN(Cc2ccc(F)cc2)C2CC2)NC(=O)NC1C. The summed E-state index contributed by atoms with van der Waals surface area (Å²) in [5.74, 6) is -0.682. The Labute approximate surface area is 152 Å². The van der Waals surface area contributed by atoms with E-state index in [4.69, 9.17) is 4.74 Å². The van der Waals surface area contributed by atoms with Gasteiger partial charge in [0.05, 0.1) is 18.2 Å². The Morgan fingerprint density at radius 2 is 1.96 bits per heavy atom. The second kappa shape index (κ2) is 7.86. The maximum atomic E-state index is 13.1. The van der Waals surface area contributed by atoms with Gasteiger partial charge >= 0.3 is 12.0 Å². The molecule has 2 aliphatic rings. The van der Waals surface area contributed by atoms with Crippen LogP contribution in [-0.4, -0.2) is 42.1 Å². The largest absolute Gasteiger partial charge is 0.463 e. The van der Waals surface area contributed by atoms with Crippen LogP contribution in [0.1, 0.15) is 32.3 Å². The maximum absolute atomic E-state index is 13.1. The topological polar surface area (TPSA) is 70.7 Å². The Kier molecular flexibility index (Phi) is 5.56. The molecule has 140 valence electrons. The summed E-state index contributed by atoms with van der Waals surface area (Å²) < 4.78 is 18.3. The molecular formula is C19H24FN3O3. The van der Waals surface area contributed by atoms with Gasteiger partial charge in [0, 0.05) is 24.8 Å². The lowest BCUT2D eigenvalue weighted by molar-refractivity contribution is -0.139. The fraction of sp³-hybridized carbons (Fsp3) is 0.474. The van der Waals surface area contributed by atoms with Crippen LogP contribution in [-0.2, 0) is 16.1 Å². The van der Waals surface area contributed by atoms with Crippen LogP contribution in [0.25, 0.3) is 0 Å². The van der Waals surface area contributed by atoms with Crippen molar-refractivity contribution in [1.82, 2.24) is 15.5 Å². The van der Waals surface area contributed by atoms with Gasteiger partial charge in [-0.2, -0.15) is 0 Å². The molecule has 1 fully saturated rings. The lowest BCUT2D eigenvalue weighted by Crippen LogP contribution is -2.51. The Morgan fingerprint density at radius 3 is 2.58 bits per heavy atom. The third-order valence-electron chi connectivity index (χ3n) is 4.59. The van der Waals surface area contributed by atoms with Crippen molar-refractivity contribution in [2.75, 3.05) is 13.2 Å². The number of carbonyl (C=O) groups is 2. The fourth-order valence-corrected chi connectivity index (χ4v) is 3.19. The molecular weight excluding hydrogens is 337 g/mol. The maximum Gasteiger partial charge on any atom is 0.337 e. The Morgan fingerprint density at radius 1 is 1.27 bits per heavy atom. The van der Waals surface area contributed by atoms with E-state index >= 15 is 0 Å². The van der Waals surface area contributed by atoms with Crippen molar-refractivity contribution in [2.45, 2.75) is 45.3 Å². The number of benzene rings is 1. The zero-order chi connectivity index (χ0) is 18.7. The molecule has 1 unspecified atom stereocenters. The first-order chi connectivity index (χ1) is 12.5. The van der Waals surface area contributed by atoms with E-state index in [0.717, 1.165) is 18.4 Å². The first-order valence-corrected chi connectivity index (χ1v) is 8.94. The number of amides is 2. The van der Waals surface area contributed by atoms with Gasteiger partial charge in [0.25, 0.3) is 0 Å². The van der Waals surface area contributed by atoms with E-state index in [-0.39, 0.29) is 18.5 Å². The second-order valence-corrected chi connectivity index (χ2v) is 6.70. The first-order valence-electron chi connectivity index (χ1n) is 8.94. The number of nitrogens with zero attached hydrogens (tertiary/aromatic N) is 1. The molecule has 0 aromatic heterocycles. The Balaban J connectivity index is 1.82. The van der Waals surface area contributed by atoms with Crippen LogP contribution in [0.3, 0.4) is 0 Å². The van der Waals surface area contributed by atoms with Crippen molar-refractivity contribution >= 4 is 12.0 Å². The smallest absolute Gasteiger partial charge is 0.337 e. The summed E-state index contributed by atoms with van der Waals surface area (Å²) in [6.45, 7) is 4.86. The van der Waals surface area contributed by atoms with Gasteiger partial charge < -0.3 is 15.4 Å². The predicted molar refractivity (Wildman–Crippen MR) is 94.6 cm³/mol. The highest BCUT2D eigenvalue weighted by Gasteiger charge is 2.34. The molecule has 6 nitrogen and oxygen atoms in total. The van der Waals surface area contributed by atoms with E-state index < -0.39 is 12.0 Å². The molecule has 1 aliphatic carbocycles. The zero-order valence-electron chi connectivity index (χ0n) is 15.0. The normalized spacial score (nSPS) is 20.0. The number of hydrogen-bond acceptors (Lipinski definition) is 4. The fourth-order valence-electron chi connectivity index (χ4n) is 3.19. The molecule has 7 heteroatoms. The van der Waals surface area contributed by atoms with Crippen LogP contribution >= 0.6 is 0 Å². The van der Waals surface area contributed by atoms with E-state index in [1.807, 2.05) is 0 Å². The summed E-state index contributed by atoms with van der Waals surface area (Å²) in [7, 11) is 0. The van der Waals surface area contributed by atoms with Crippen molar-refractivity contribution < 1.29 is 18.7 Å². The van der Waals surface area contributed by atoms with Crippen molar-refractivity contribution in [3.8, 4) is 0 Å². The molecule has 2 amide bonds. The third-order valence-corrected chi connectivity index (χ3v) is 4.59. The molecule has 0 saturated heterocycles. The van der Waals surface area contributed by atoms with Gasteiger partial charge in [-0.25, -0.2) is 14.0 Å². The molecule has 1 saturated carbocycles. The number of urea groups is 1. The third kappa shape index (κ3) is 4.40. The van der Waals surface area contributed by atoms with Gasteiger partial charge in [-0.05, 0) is 44.4 Å². The summed E-state index contributed by atoms with van der Waals surface area (Å²) >= 11 is 0. The van der Waals surface area contributed by atoms with Gasteiger partial charge in [-0.15, -0.1) is 0 Å². The summed E-state index contributed by atoms with van der Waals surface area (Å²) in [4.78, 5) is 26.5. The molecule has 0 radical (unpaired) electrons. The van der Waals surface area contributed by atoms with Gasteiger partial charge in [-0.3, -0.25) is 4.90 Å². The number of halogens is 1. The standard InChI is InChI=1S/C19H24FN3O3/c1-3-26-18(24)17-12(2)21-19(25)22-16(17)11-23(15-8-9-15)10-13-4-6-14(20)7-5-13/h4-7,12,15H,3,8-11H2,1-2H3,(H2,21,22,25). The lowest BCUT2D eigenvalue weighted by atomic mass is 10.0. The summed E-state index contributed by atoms with van der Waals surface area (Å²) in [6.07, 6.45) is 2.15. The molecule has 1 aromatic carbocycles. The molecule has 0 spiro atoms. The van der Waals surface area contributed by atoms with Crippen LogP contribution in [0.5, 0.6) is 0 Å².